The van der Waals surface area contributed by atoms with Gasteiger partial charge in [-0.05, 0) is 44.2 Å². The minimum Gasteiger partial charge on any atom is -0.507 e. The summed E-state index contributed by atoms with van der Waals surface area (Å²) in [5, 5.41) is 10.2. The van der Waals surface area contributed by atoms with Crippen LogP contribution in [0.5, 0.6) is 5.75 Å². The molecule has 0 aliphatic heterocycles. The number of phenols is 1. The van der Waals surface area contributed by atoms with Gasteiger partial charge in [-0.3, -0.25) is 4.99 Å². The van der Waals surface area contributed by atoms with Gasteiger partial charge in [0.05, 0.1) is 16.7 Å². The Hall–Kier alpha value is -3.02. The van der Waals surface area contributed by atoms with E-state index in [4.69, 9.17) is 0 Å². The van der Waals surface area contributed by atoms with Crippen LogP contribution in [-0.4, -0.2) is 34.4 Å². The summed E-state index contributed by atoms with van der Waals surface area (Å²) in [6.45, 7) is 5.94. The maximum absolute atomic E-state index is 11.3. The van der Waals surface area contributed by atoms with E-state index in [9.17, 15) is 9.90 Å². The number of imidazole rings is 1. The molecular weight excluding hydrogens is 304 g/mol. The van der Waals surface area contributed by atoms with E-state index in [1.165, 1.54) is 0 Å². The molecule has 0 unspecified atom stereocenters. The smallest absolute Gasteiger partial charge is 0.323 e. The van der Waals surface area contributed by atoms with E-state index in [0.29, 0.717) is 16.8 Å². The molecule has 0 saturated heterocycles. The first-order valence-electron chi connectivity index (χ1n) is 7.94. The molecule has 2 aromatic carbocycles. The molecule has 3 N–H and O–H groups in total. The Kier molecular flexibility index (Phi) is 4.37. The fourth-order valence-electron chi connectivity index (χ4n) is 2.67. The van der Waals surface area contributed by atoms with Crippen molar-refractivity contribution >= 4 is 28.6 Å². The maximum Gasteiger partial charge on any atom is 0.323 e. The Balaban J connectivity index is 1.86. The molecule has 6 nitrogen and oxygen atoms in total. The Labute approximate surface area is 139 Å². The van der Waals surface area contributed by atoms with E-state index in [-0.39, 0.29) is 11.4 Å². The van der Waals surface area contributed by atoms with Gasteiger partial charge in [0.25, 0.3) is 0 Å². The summed E-state index contributed by atoms with van der Waals surface area (Å²) in [5.74, 6) is 0.194. The second kappa shape index (κ2) is 6.62. The normalized spacial score (nSPS) is 11.4. The lowest BCUT2D eigenvalue weighted by atomic mass is 10.2. The van der Waals surface area contributed by atoms with Crippen molar-refractivity contribution in [2.45, 2.75) is 13.8 Å². The highest BCUT2D eigenvalue weighted by Crippen LogP contribution is 2.24. The molecular formula is C18H20N4O2. The Morgan fingerprint density at radius 2 is 1.83 bits per heavy atom. The lowest BCUT2D eigenvalue weighted by Crippen LogP contribution is -2.21. The van der Waals surface area contributed by atoms with Crippen molar-refractivity contribution in [3.8, 4) is 5.75 Å². The van der Waals surface area contributed by atoms with Crippen LogP contribution in [0.4, 0.5) is 11.4 Å². The summed E-state index contributed by atoms with van der Waals surface area (Å²) in [6.07, 6.45) is 1.62. The molecule has 6 heteroatoms. The van der Waals surface area contributed by atoms with E-state index >= 15 is 0 Å². The second-order valence-corrected chi connectivity index (χ2v) is 5.48. The third-order valence-electron chi connectivity index (χ3n) is 3.99. The van der Waals surface area contributed by atoms with Gasteiger partial charge in [0.15, 0.2) is 0 Å². The molecule has 24 heavy (non-hydrogen) atoms. The number of aromatic amines is 2. The van der Waals surface area contributed by atoms with E-state index in [1.807, 2.05) is 18.2 Å². The summed E-state index contributed by atoms with van der Waals surface area (Å²) < 4.78 is 0. The summed E-state index contributed by atoms with van der Waals surface area (Å²) in [6, 6.07) is 11.0. The third-order valence-corrected chi connectivity index (χ3v) is 3.99. The predicted molar refractivity (Wildman–Crippen MR) is 97.8 cm³/mol. The molecule has 0 atom stereocenters. The number of fused-ring (bicyclic) bond motifs is 1. The number of phenolic OH excluding ortho intramolecular Hbond substituents is 1. The van der Waals surface area contributed by atoms with Crippen molar-refractivity contribution < 1.29 is 5.11 Å². The van der Waals surface area contributed by atoms with Crippen LogP contribution < -0.4 is 10.6 Å². The highest BCUT2D eigenvalue weighted by molar-refractivity contribution is 5.87. The first-order chi connectivity index (χ1) is 11.6. The standard InChI is InChI=1S/C18H20N4O2/c1-3-22(4-2)14-7-5-12(17(23)10-14)11-19-13-6-8-15-16(9-13)21-18(24)20-15/h5-11,23H,3-4H2,1-2H3,(H2,20,21,24). The molecule has 0 saturated carbocycles. The number of aromatic nitrogens is 2. The summed E-state index contributed by atoms with van der Waals surface area (Å²) in [4.78, 5) is 23.2. The van der Waals surface area contributed by atoms with Crippen LogP contribution in [-0.2, 0) is 0 Å². The summed E-state index contributed by atoms with van der Waals surface area (Å²) in [7, 11) is 0. The number of hydrogen-bond acceptors (Lipinski definition) is 4. The lowest BCUT2D eigenvalue weighted by Gasteiger charge is -2.21. The van der Waals surface area contributed by atoms with Crippen molar-refractivity contribution in [3.05, 3.63) is 52.4 Å². The topological polar surface area (TPSA) is 84.5 Å². The van der Waals surface area contributed by atoms with Gasteiger partial charge >= 0.3 is 5.69 Å². The van der Waals surface area contributed by atoms with Gasteiger partial charge in [0.2, 0.25) is 0 Å². The molecule has 0 aliphatic rings. The molecule has 0 fully saturated rings. The van der Waals surface area contributed by atoms with Gasteiger partial charge in [-0.1, -0.05) is 0 Å². The van der Waals surface area contributed by atoms with Crippen LogP contribution in [0.2, 0.25) is 0 Å². The van der Waals surface area contributed by atoms with E-state index in [0.717, 1.165) is 24.3 Å². The average molecular weight is 324 g/mol. The molecule has 0 amide bonds. The molecule has 1 aromatic heterocycles. The number of hydrogen-bond donors (Lipinski definition) is 3. The Morgan fingerprint density at radius 3 is 2.54 bits per heavy atom. The van der Waals surface area contributed by atoms with Crippen LogP contribution in [0.3, 0.4) is 0 Å². The zero-order valence-electron chi connectivity index (χ0n) is 13.7. The molecule has 124 valence electrons. The van der Waals surface area contributed by atoms with Gasteiger partial charge in [-0.25, -0.2) is 4.79 Å². The zero-order chi connectivity index (χ0) is 17.1. The number of aromatic hydroxyl groups is 1. The van der Waals surface area contributed by atoms with E-state index in [2.05, 4.69) is 33.7 Å². The highest BCUT2D eigenvalue weighted by Gasteiger charge is 2.05. The third kappa shape index (κ3) is 3.17. The molecule has 3 rings (SSSR count). The number of rotatable bonds is 5. The summed E-state index contributed by atoms with van der Waals surface area (Å²) >= 11 is 0. The minimum atomic E-state index is -0.240. The number of H-pyrrole nitrogens is 2. The predicted octanol–water partition coefficient (Wildman–Crippen LogP) is 3.16. The second-order valence-electron chi connectivity index (χ2n) is 5.48. The monoisotopic (exact) mass is 324 g/mol. The highest BCUT2D eigenvalue weighted by atomic mass is 16.3. The van der Waals surface area contributed by atoms with Crippen molar-refractivity contribution in [2.24, 2.45) is 4.99 Å². The Bertz CT molecular complexity index is 936. The van der Waals surface area contributed by atoms with Crippen molar-refractivity contribution in [1.82, 2.24) is 9.97 Å². The minimum absolute atomic E-state index is 0.194. The van der Waals surface area contributed by atoms with Gasteiger partial charge in [0.1, 0.15) is 5.75 Å². The van der Waals surface area contributed by atoms with Crippen molar-refractivity contribution in [1.29, 1.82) is 0 Å². The first kappa shape index (κ1) is 15.9. The molecule has 1 heterocycles. The first-order valence-corrected chi connectivity index (χ1v) is 7.94. The molecule has 0 aliphatic carbocycles. The average Bonchev–Trinajstić information content (AvgIpc) is 2.94. The number of anilines is 1. The van der Waals surface area contributed by atoms with E-state index < -0.39 is 0 Å². The summed E-state index contributed by atoms with van der Waals surface area (Å²) in [5.41, 5.74) is 3.54. The van der Waals surface area contributed by atoms with Gasteiger partial charge < -0.3 is 20.0 Å². The fraction of sp³-hybridized carbons (Fsp3) is 0.222. The number of aliphatic imine (C=N–C) groups is 1. The molecule has 3 aromatic rings. The quantitative estimate of drug-likeness (QED) is 0.630. The molecule has 0 spiro atoms. The van der Waals surface area contributed by atoms with Gasteiger partial charge in [-0.15, -0.1) is 0 Å². The molecule has 0 bridgehead atoms. The van der Waals surface area contributed by atoms with Crippen LogP contribution in [0.15, 0.2) is 46.2 Å². The SMILES string of the molecule is CCN(CC)c1ccc(C=Nc2ccc3[nH]c(=O)[nH]c3c2)c(O)c1. The Morgan fingerprint density at radius 1 is 1.08 bits per heavy atom. The fourth-order valence-corrected chi connectivity index (χ4v) is 2.67. The maximum atomic E-state index is 11.3. The zero-order valence-corrected chi connectivity index (χ0v) is 13.7. The number of nitrogens with zero attached hydrogens (tertiary/aromatic N) is 2. The lowest BCUT2D eigenvalue weighted by molar-refractivity contribution is 0.474. The van der Waals surface area contributed by atoms with Crippen LogP contribution >= 0.6 is 0 Å². The number of benzene rings is 2. The van der Waals surface area contributed by atoms with Gasteiger partial charge in [0, 0.05) is 36.6 Å². The van der Waals surface area contributed by atoms with E-state index in [1.54, 1.807) is 24.4 Å². The van der Waals surface area contributed by atoms with Crippen LogP contribution in [0.25, 0.3) is 11.0 Å². The largest absolute Gasteiger partial charge is 0.507 e. The van der Waals surface area contributed by atoms with Crippen LogP contribution in [0.1, 0.15) is 19.4 Å². The van der Waals surface area contributed by atoms with Crippen LogP contribution in [0, 0.1) is 0 Å². The van der Waals surface area contributed by atoms with Crippen molar-refractivity contribution in [2.75, 3.05) is 18.0 Å². The number of nitrogens with one attached hydrogen (secondary N) is 2. The molecule has 0 radical (unpaired) electrons. The van der Waals surface area contributed by atoms with Gasteiger partial charge in [-0.2, -0.15) is 0 Å². The van der Waals surface area contributed by atoms with Crippen molar-refractivity contribution in [3.63, 3.8) is 0 Å².